The third-order valence-corrected chi connectivity index (χ3v) is 6.95. The largest absolute Gasteiger partial charge is 0.343 e. The van der Waals surface area contributed by atoms with Crippen molar-refractivity contribution < 1.29 is 14.0 Å². The van der Waals surface area contributed by atoms with Crippen LogP contribution < -0.4 is 10.6 Å². The predicted molar refractivity (Wildman–Crippen MR) is 99.4 cm³/mol. The Hall–Kier alpha value is -1.60. The Kier molecular flexibility index (Phi) is 5.18. The van der Waals surface area contributed by atoms with E-state index in [1.165, 1.54) is 17.8 Å². The summed E-state index contributed by atoms with van der Waals surface area (Å²) < 4.78 is 13.8. The van der Waals surface area contributed by atoms with E-state index in [1.54, 1.807) is 18.2 Å². The smallest absolute Gasteiger partial charge is 0.246 e. The highest BCUT2D eigenvalue weighted by molar-refractivity contribution is 8.00. The molecule has 5 nitrogen and oxygen atoms in total. The van der Waals surface area contributed by atoms with Gasteiger partial charge in [0, 0.05) is 24.4 Å². The van der Waals surface area contributed by atoms with E-state index in [-0.39, 0.29) is 28.9 Å². The first-order valence-corrected chi connectivity index (χ1v) is 10.4. The summed E-state index contributed by atoms with van der Waals surface area (Å²) in [4.78, 5) is 27.6. The van der Waals surface area contributed by atoms with Gasteiger partial charge in [0.2, 0.25) is 11.8 Å². The summed E-state index contributed by atoms with van der Waals surface area (Å²) in [5.74, 6) is 0.148. The third-order valence-electron chi connectivity index (χ3n) is 5.64. The highest BCUT2D eigenvalue weighted by Gasteiger charge is 2.42. The van der Waals surface area contributed by atoms with Crippen LogP contribution in [0.4, 0.5) is 4.39 Å². The van der Waals surface area contributed by atoms with E-state index in [4.69, 9.17) is 0 Å². The lowest BCUT2D eigenvalue weighted by atomic mass is 10.1. The Bertz CT molecular complexity index is 687. The maximum atomic E-state index is 13.8. The van der Waals surface area contributed by atoms with Crippen LogP contribution in [-0.4, -0.2) is 58.9 Å². The summed E-state index contributed by atoms with van der Waals surface area (Å²) in [7, 11) is 0. The number of hydrogen-bond acceptors (Lipinski definition) is 4. The fraction of sp³-hybridized carbons (Fsp3) is 0.579. The normalized spacial score (nSPS) is 31.4. The highest BCUT2D eigenvalue weighted by atomic mass is 32.2. The van der Waals surface area contributed by atoms with Gasteiger partial charge in [0.05, 0.1) is 5.25 Å². The summed E-state index contributed by atoms with van der Waals surface area (Å²) in [6.07, 6.45) is 3.42. The average Bonchev–Trinajstić information content (AvgIpc) is 2.90. The molecule has 3 aliphatic rings. The Morgan fingerprint density at radius 1 is 1.23 bits per heavy atom. The Morgan fingerprint density at radius 3 is 2.85 bits per heavy atom. The molecule has 3 saturated heterocycles. The standard InChI is InChI=1S/C19H24FN3O2S/c20-15-4-2-1-3-12(15)9-17-18(24)22-16(11-26-17)19(25)23-13-5-6-14(23)10-21-8-7-13/h1-4,13-14,16-17,21H,5-11H2,(H,22,24). The highest BCUT2D eigenvalue weighted by Crippen LogP contribution is 2.30. The summed E-state index contributed by atoms with van der Waals surface area (Å²) in [6.45, 7) is 1.79. The number of hydrogen-bond donors (Lipinski definition) is 2. The number of carbonyl (C=O) groups is 2. The predicted octanol–water partition coefficient (Wildman–Crippen LogP) is 1.32. The van der Waals surface area contributed by atoms with Crippen LogP contribution in [-0.2, 0) is 16.0 Å². The number of amides is 2. The van der Waals surface area contributed by atoms with Gasteiger partial charge < -0.3 is 15.5 Å². The molecule has 3 heterocycles. The van der Waals surface area contributed by atoms with E-state index < -0.39 is 6.04 Å². The van der Waals surface area contributed by atoms with Crippen LogP contribution in [0.5, 0.6) is 0 Å². The monoisotopic (exact) mass is 377 g/mol. The zero-order valence-corrected chi connectivity index (χ0v) is 15.4. The van der Waals surface area contributed by atoms with Crippen LogP contribution in [0.15, 0.2) is 24.3 Å². The molecule has 2 N–H and O–H groups in total. The molecule has 4 rings (SSSR count). The van der Waals surface area contributed by atoms with E-state index in [2.05, 4.69) is 10.6 Å². The molecule has 0 aliphatic carbocycles. The first-order chi connectivity index (χ1) is 12.6. The van der Waals surface area contributed by atoms with Crippen LogP contribution in [0.1, 0.15) is 24.8 Å². The van der Waals surface area contributed by atoms with Gasteiger partial charge in [-0.1, -0.05) is 18.2 Å². The lowest BCUT2D eigenvalue weighted by molar-refractivity contribution is -0.138. The zero-order chi connectivity index (χ0) is 18.1. The summed E-state index contributed by atoms with van der Waals surface area (Å²) in [6, 6.07) is 6.61. The fourth-order valence-electron chi connectivity index (χ4n) is 4.26. The van der Waals surface area contributed by atoms with Crippen molar-refractivity contribution in [2.45, 2.75) is 49.1 Å². The van der Waals surface area contributed by atoms with Gasteiger partial charge in [-0.05, 0) is 43.9 Å². The average molecular weight is 377 g/mol. The van der Waals surface area contributed by atoms with Gasteiger partial charge in [0.1, 0.15) is 11.9 Å². The van der Waals surface area contributed by atoms with Crippen molar-refractivity contribution in [3.05, 3.63) is 35.6 Å². The SMILES string of the molecule is O=C1NC(C(=O)N2C3CCNCC2CC3)CSC1Cc1ccccc1F. The van der Waals surface area contributed by atoms with Crippen molar-refractivity contribution in [3.8, 4) is 0 Å². The number of nitrogens with zero attached hydrogens (tertiary/aromatic N) is 1. The van der Waals surface area contributed by atoms with Crippen LogP contribution in [0, 0.1) is 5.82 Å². The Labute approximate surface area is 157 Å². The van der Waals surface area contributed by atoms with Crippen molar-refractivity contribution in [1.82, 2.24) is 15.5 Å². The van der Waals surface area contributed by atoms with Crippen molar-refractivity contribution >= 4 is 23.6 Å². The lowest BCUT2D eigenvalue weighted by Crippen LogP contribution is -2.57. The molecule has 0 radical (unpaired) electrons. The number of carbonyl (C=O) groups excluding carboxylic acids is 2. The number of benzene rings is 1. The molecule has 3 aliphatic heterocycles. The number of halogens is 1. The number of rotatable bonds is 3. The second kappa shape index (κ2) is 7.56. The molecule has 0 aromatic heterocycles. The van der Waals surface area contributed by atoms with E-state index >= 15 is 0 Å². The summed E-state index contributed by atoms with van der Waals surface area (Å²) in [5.41, 5.74) is 0.543. The van der Waals surface area contributed by atoms with Gasteiger partial charge in [-0.2, -0.15) is 0 Å². The molecule has 2 amide bonds. The van der Waals surface area contributed by atoms with Gasteiger partial charge in [-0.25, -0.2) is 4.39 Å². The molecular weight excluding hydrogens is 353 g/mol. The maximum Gasteiger partial charge on any atom is 0.246 e. The van der Waals surface area contributed by atoms with Crippen molar-refractivity contribution in [3.63, 3.8) is 0 Å². The van der Waals surface area contributed by atoms with Gasteiger partial charge >= 0.3 is 0 Å². The van der Waals surface area contributed by atoms with Crippen molar-refractivity contribution in [1.29, 1.82) is 0 Å². The number of thioether (sulfide) groups is 1. The molecule has 1 aromatic rings. The molecule has 7 heteroatoms. The van der Waals surface area contributed by atoms with Crippen LogP contribution in [0.2, 0.25) is 0 Å². The van der Waals surface area contributed by atoms with Crippen LogP contribution in [0.3, 0.4) is 0 Å². The van der Waals surface area contributed by atoms with Gasteiger partial charge in [0.25, 0.3) is 0 Å². The minimum Gasteiger partial charge on any atom is -0.343 e. The topological polar surface area (TPSA) is 61.4 Å². The summed E-state index contributed by atoms with van der Waals surface area (Å²) in [5, 5.41) is 5.94. The molecule has 4 atom stereocenters. The molecular formula is C19H24FN3O2S. The first-order valence-electron chi connectivity index (χ1n) is 9.32. The van der Waals surface area contributed by atoms with Crippen molar-refractivity contribution in [2.75, 3.05) is 18.8 Å². The summed E-state index contributed by atoms with van der Waals surface area (Å²) >= 11 is 1.46. The number of fused-ring (bicyclic) bond motifs is 2. The lowest BCUT2D eigenvalue weighted by Gasteiger charge is -2.35. The van der Waals surface area contributed by atoms with Crippen LogP contribution in [0.25, 0.3) is 0 Å². The molecule has 140 valence electrons. The van der Waals surface area contributed by atoms with Crippen molar-refractivity contribution in [2.24, 2.45) is 0 Å². The van der Waals surface area contributed by atoms with E-state index in [0.717, 1.165) is 32.4 Å². The molecule has 0 spiro atoms. The van der Waals surface area contributed by atoms with E-state index in [0.29, 0.717) is 23.8 Å². The minimum atomic E-state index is -0.467. The molecule has 1 aromatic carbocycles. The quantitative estimate of drug-likeness (QED) is 0.834. The third kappa shape index (κ3) is 3.47. The van der Waals surface area contributed by atoms with Gasteiger partial charge in [-0.3, -0.25) is 9.59 Å². The molecule has 2 bridgehead atoms. The molecule has 4 unspecified atom stereocenters. The molecule has 26 heavy (non-hydrogen) atoms. The zero-order valence-electron chi connectivity index (χ0n) is 14.6. The molecule has 3 fully saturated rings. The first kappa shape index (κ1) is 17.8. The Morgan fingerprint density at radius 2 is 2.04 bits per heavy atom. The van der Waals surface area contributed by atoms with Gasteiger partial charge in [-0.15, -0.1) is 11.8 Å². The number of nitrogens with one attached hydrogen (secondary N) is 2. The molecule has 0 saturated carbocycles. The second-order valence-corrected chi connectivity index (χ2v) is 8.54. The fourth-order valence-corrected chi connectivity index (χ4v) is 5.43. The minimum absolute atomic E-state index is 0.0476. The maximum absolute atomic E-state index is 13.8. The van der Waals surface area contributed by atoms with Gasteiger partial charge in [0.15, 0.2) is 0 Å². The van der Waals surface area contributed by atoms with Crippen LogP contribution >= 0.6 is 11.8 Å². The van der Waals surface area contributed by atoms with E-state index in [9.17, 15) is 14.0 Å². The Balaban J connectivity index is 1.40. The van der Waals surface area contributed by atoms with E-state index in [1.807, 2.05) is 4.90 Å². The second-order valence-electron chi connectivity index (χ2n) is 7.30.